The first-order chi connectivity index (χ1) is 8.19. The number of aryl methyl sites for hydroxylation is 1. The van der Waals surface area contributed by atoms with Crippen LogP contribution in [0.1, 0.15) is 48.5 Å². The van der Waals surface area contributed by atoms with Crippen LogP contribution in [0.5, 0.6) is 0 Å². The van der Waals surface area contributed by atoms with E-state index in [2.05, 4.69) is 17.2 Å². The molecule has 0 saturated heterocycles. The first kappa shape index (κ1) is 14.0. The highest BCUT2D eigenvalue weighted by molar-refractivity contribution is 7.17. The lowest BCUT2D eigenvalue weighted by molar-refractivity contribution is 0.0531. The van der Waals surface area contributed by atoms with Gasteiger partial charge in [-0.15, -0.1) is 0 Å². The Morgan fingerprint density at radius 2 is 2.18 bits per heavy atom. The number of nitrogens with zero attached hydrogens (tertiary/aromatic N) is 1. The van der Waals surface area contributed by atoms with Gasteiger partial charge >= 0.3 is 5.97 Å². The fourth-order valence-electron chi connectivity index (χ4n) is 1.43. The molecule has 1 rings (SSSR count). The third-order valence-corrected chi connectivity index (χ3v) is 3.41. The molecule has 0 spiro atoms. The molecule has 0 aliphatic rings. The summed E-state index contributed by atoms with van der Waals surface area (Å²) in [6.07, 6.45) is 3.54. The van der Waals surface area contributed by atoms with Crippen molar-refractivity contribution in [2.45, 2.75) is 40.0 Å². The number of nitrogens with one attached hydrogen (secondary N) is 1. The van der Waals surface area contributed by atoms with Gasteiger partial charge < -0.3 is 10.1 Å². The number of rotatable bonds is 7. The van der Waals surface area contributed by atoms with Crippen LogP contribution in [0, 0.1) is 6.92 Å². The monoisotopic (exact) mass is 256 g/mol. The molecule has 1 aromatic rings. The fourth-order valence-corrected chi connectivity index (χ4v) is 2.31. The molecule has 5 heteroatoms. The molecule has 17 heavy (non-hydrogen) atoms. The molecule has 0 radical (unpaired) electrons. The minimum Gasteiger partial charge on any atom is -0.462 e. The third-order valence-electron chi connectivity index (χ3n) is 2.31. The normalized spacial score (nSPS) is 10.3. The van der Waals surface area contributed by atoms with E-state index in [1.165, 1.54) is 24.2 Å². The Kier molecular flexibility index (Phi) is 5.97. The number of hydrogen-bond donors (Lipinski definition) is 1. The summed E-state index contributed by atoms with van der Waals surface area (Å²) >= 11 is 1.37. The summed E-state index contributed by atoms with van der Waals surface area (Å²) in [4.78, 5) is 16.5. The molecule has 1 N–H and O–H groups in total. The molecule has 1 heterocycles. The number of thiazole rings is 1. The number of unbranched alkanes of at least 4 members (excludes halogenated alkanes) is 2. The minimum atomic E-state index is -0.274. The standard InChI is InChI=1S/C12H20N2O2S/c1-4-6-7-8-13-12-14-9(3)10(17-12)11(15)16-5-2/h4-8H2,1-3H3,(H,13,14). The number of anilines is 1. The highest BCUT2D eigenvalue weighted by atomic mass is 32.1. The van der Waals surface area contributed by atoms with Crippen LogP contribution in [0.2, 0.25) is 0 Å². The van der Waals surface area contributed by atoms with Crippen molar-refractivity contribution in [1.29, 1.82) is 0 Å². The molecular weight excluding hydrogens is 236 g/mol. The van der Waals surface area contributed by atoms with Gasteiger partial charge in [0.15, 0.2) is 5.13 Å². The van der Waals surface area contributed by atoms with Crippen LogP contribution in [0.4, 0.5) is 5.13 Å². The van der Waals surface area contributed by atoms with Crippen molar-refractivity contribution in [3.63, 3.8) is 0 Å². The molecular formula is C12H20N2O2S. The van der Waals surface area contributed by atoms with Crippen molar-refractivity contribution in [2.75, 3.05) is 18.5 Å². The topological polar surface area (TPSA) is 51.2 Å². The van der Waals surface area contributed by atoms with Gasteiger partial charge in [0.2, 0.25) is 0 Å². The molecule has 96 valence electrons. The first-order valence-corrected chi connectivity index (χ1v) is 6.89. The molecule has 0 unspecified atom stereocenters. The van der Waals surface area contributed by atoms with Crippen molar-refractivity contribution in [2.24, 2.45) is 0 Å². The van der Waals surface area contributed by atoms with Gasteiger partial charge in [-0.05, 0) is 20.3 Å². The first-order valence-electron chi connectivity index (χ1n) is 6.07. The van der Waals surface area contributed by atoms with Crippen LogP contribution in [0.3, 0.4) is 0 Å². The van der Waals surface area contributed by atoms with Crippen LogP contribution in [-0.4, -0.2) is 24.1 Å². The number of esters is 1. The van der Waals surface area contributed by atoms with Gasteiger partial charge in [-0.1, -0.05) is 31.1 Å². The summed E-state index contributed by atoms with van der Waals surface area (Å²) < 4.78 is 4.97. The van der Waals surface area contributed by atoms with E-state index in [1.807, 2.05) is 6.92 Å². The molecule has 0 aliphatic heterocycles. The van der Waals surface area contributed by atoms with Crippen LogP contribution in [0.25, 0.3) is 0 Å². The summed E-state index contributed by atoms with van der Waals surface area (Å²) in [5.74, 6) is -0.274. The van der Waals surface area contributed by atoms with Crippen LogP contribution >= 0.6 is 11.3 Å². The lowest BCUT2D eigenvalue weighted by atomic mass is 10.2. The zero-order chi connectivity index (χ0) is 12.7. The summed E-state index contributed by atoms with van der Waals surface area (Å²) in [5, 5.41) is 4.04. The summed E-state index contributed by atoms with van der Waals surface area (Å²) in [7, 11) is 0. The molecule has 0 aromatic carbocycles. The van der Waals surface area contributed by atoms with Gasteiger partial charge in [0.25, 0.3) is 0 Å². The van der Waals surface area contributed by atoms with E-state index >= 15 is 0 Å². The predicted octanol–water partition coefficient (Wildman–Crippen LogP) is 3.23. The number of carbonyl (C=O) groups is 1. The van der Waals surface area contributed by atoms with E-state index in [1.54, 1.807) is 6.92 Å². The molecule has 0 fully saturated rings. The van der Waals surface area contributed by atoms with Crippen molar-refractivity contribution in [3.8, 4) is 0 Å². The van der Waals surface area contributed by atoms with Gasteiger partial charge in [-0.2, -0.15) is 0 Å². The van der Waals surface area contributed by atoms with Crippen molar-refractivity contribution in [1.82, 2.24) is 4.98 Å². The zero-order valence-corrected chi connectivity index (χ0v) is 11.5. The van der Waals surface area contributed by atoms with Gasteiger partial charge in [-0.3, -0.25) is 0 Å². The van der Waals surface area contributed by atoms with Gasteiger partial charge in [0.05, 0.1) is 12.3 Å². The van der Waals surface area contributed by atoms with Crippen molar-refractivity contribution < 1.29 is 9.53 Å². The Hall–Kier alpha value is -1.10. The number of ether oxygens (including phenoxy) is 1. The van der Waals surface area contributed by atoms with E-state index in [-0.39, 0.29) is 5.97 Å². The Morgan fingerprint density at radius 1 is 1.41 bits per heavy atom. The van der Waals surface area contributed by atoms with Gasteiger partial charge in [0.1, 0.15) is 4.88 Å². The Bertz CT molecular complexity index is 363. The van der Waals surface area contributed by atoms with Crippen LogP contribution in [0.15, 0.2) is 0 Å². The maximum Gasteiger partial charge on any atom is 0.350 e. The number of hydrogen-bond acceptors (Lipinski definition) is 5. The van der Waals surface area contributed by atoms with E-state index < -0.39 is 0 Å². The maximum absolute atomic E-state index is 11.6. The summed E-state index contributed by atoms with van der Waals surface area (Å²) in [5.41, 5.74) is 0.742. The molecule has 0 amide bonds. The van der Waals surface area contributed by atoms with Gasteiger partial charge in [-0.25, -0.2) is 9.78 Å². The minimum absolute atomic E-state index is 0.274. The second-order valence-electron chi connectivity index (χ2n) is 3.79. The Morgan fingerprint density at radius 3 is 2.82 bits per heavy atom. The molecule has 0 bridgehead atoms. The molecule has 0 saturated carbocycles. The van der Waals surface area contributed by atoms with Crippen molar-refractivity contribution in [3.05, 3.63) is 10.6 Å². The smallest absolute Gasteiger partial charge is 0.350 e. The molecule has 4 nitrogen and oxygen atoms in total. The SMILES string of the molecule is CCCCCNc1nc(C)c(C(=O)OCC)s1. The highest BCUT2D eigenvalue weighted by Gasteiger charge is 2.15. The quantitative estimate of drug-likeness (QED) is 0.601. The van der Waals surface area contributed by atoms with E-state index in [9.17, 15) is 4.79 Å². The Balaban J connectivity index is 2.52. The number of aromatic nitrogens is 1. The van der Waals surface area contributed by atoms with Crippen molar-refractivity contribution >= 4 is 22.4 Å². The second kappa shape index (κ2) is 7.27. The second-order valence-corrected chi connectivity index (χ2v) is 4.79. The average Bonchev–Trinajstić information content (AvgIpc) is 2.66. The summed E-state index contributed by atoms with van der Waals surface area (Å²) in [6.45, 7) is 7.11. The lowest BCUT2D eigenvalue weighted by Crippen LogP contribution is -2.03. The highest BCUT2D eigenvalue weighted by Crippen LogP contribution is 2.23. The zero-order valence-electron chi connectivity index (χ0n) is 10.7. The summed E-state index contributed by atoms with van der Waals surface area (Å²) in [6, 6.07) is 0. The average molecular weight is 256 g/mol. The fraction of sp³-hybridized carbons (Fsp3) is 0.667. The Labute approximate surface area is 106 Å². The molecule has 1 aromatic heterocycles. The lowest BCUT2D eigenvalue weighted by Gasteiger charge is -2.00. The van der Waals surface area contributed by atoms with Crippen LogP contribution < -0.4 is 5.32 Å². The van der Waals surface area contributed by atoms with E-state index in [0.29, 0.717) is 11.5 Å². The molecule has 0 atom stereocenters. The maximum atomic E-state index is 11.6. The predicted molar refractivity (Wildman–Crippen MR) is 70.8 cm³/mol. The number of carbonyl (C=O) groups excluding carboxylic acids is 1. The van der Waals surface area contributed by atoms with Crippen LogP contribution in [-0.2, 0) is 4.74 Å². The molecule has 0 aliphatic carbocycles. The van der Waals surface area contributed by atoms with E-state index in [0.717, 1.165) is 23.8 Å². The van der Waals surface area contributed by atoms with E-state index in [4.69, 9.17) is 4.74 Å². The largest absolute Gasteiger partial charge is 0.462 e. The third kappa shape index (κ3) is 4.34. The van der Waals surface area contributed by atoms with Gasteiger partial charge in [0, 0.05) is 6.54 Å².